The Labute approximate surface area is 131 Å². The minimum absolute atomic E-state index is 0.0471. The van der Waals surface area contributed by atoms with Gasteiger partial charge in [-0.1, -0.05) is 37.6 Å². The monoisotopic (exact) mass is 310 g/mol. The molecule has 0 heterocycles. The molecule has 1 unspecified atom stereocenters. The van der Waals surface area contributed by atoms with E-state index in [9.17, 15) is 9.59 Å². The van der Waals surface area contributed by atoms with Crippen molar-refractivity contribution in [3.8, 4) is 0 Å². The third kappa shape index (κ3) is 5.38. The van der Waals surface area contributed by atoms with Crippen LogP contribution in [0.15, 0.2) is 24.3 Å². The standard InChI is InChI=1S/C16H23ClN2O2/c1-4-9-18-16(21)12(3)19(15(20)5-2)11-13-7-6-8-14(17)10-13/h6-8,10,12H,4-5,9,11H2,1-3H3,(H,18,21). The summed E-state index contributed by atoms with van der Waals surface area (Å²) in [5.74, 6) is -0.171. The van der Waals surface area contributed by atoms with Crippen LogP contribution in [0.5, 0.6) is 0 Å². The summed E-state index contributed by atoms with van der Waals surface area (Å²) in [6.45, 7) is 6.54. The molecule has 0 aliphatic rings. The second-order valence-corrected chi connectivity index (χ2v) is 5.41. The Morgan fingerprint density at radius 3 is 2.62 bits per heavy atom. The highest BCUT2D eigenvalue weighted by molar-refractivity contribution is 6.30. The van der Waals surface area contributed by atoms with Gasteiger partial charge in [0.15, 0.2) is 0 Å². The van der Waals surface area contributed by atoms with Crippen molar-refractivity contribution in [1.29, 1.82) is 0 Å². The highest BCUT2D eigenvalue weighted by atomic mass is 35.5. The van der Waals surface area contributed by atoms with Gasteiger partial charge in [0, 0.05) is 24.5 Å². The summed E-state index contributed by atoms with van der Waals surface area (Å²) in [5, 5.41) is 3.45. The van der Waals surface area contributed by atoms with Gasteiger partial charge in [-0.25, -0.2) is 0 Å². The smallest absolute Gasteiger partial charge is 0.242 e. The van der Waals surface area contributed by atoms with Crippen molar-refractivity contribution >= 4 is 23.4 Å². The van der Waals surface area contributed by atoms with Crippen LogP contribution >= 0.6 is 11.6 Å². The molecular formula is C16H23ClN2O2. The quantitative estimate of drug-likeness (QED) is 0.841. The molecule has 0 saturated carbocycles. The molecule has 1 aromatic carbocycles. The fraction of sp³-hybridized carbons (Fsp3) is 0.500. The first-order valence-electron chi connectivity index (χ1n) is 7.31. The van der Waals surface area contributed by atoms with Crippen LogP contribution in [0.4, 0.5) is 0 Å². The number of hydrogen-bond acceptors (Lipinski definition) is 2. The zero-order chi connectivity index (χ0) is 15.8. The summed E-state index contributed by atoms with van der Waals surface area (Å²) in [6, 6.07) is 6.85. The van der Waals surface area contributed by atoms with Crippen molar-refractivity contribution in [2.24, 2.45) is 0 Å². The molecule has 0 radical (unpaired) electrons. The molecule has 4 nitrogen and oxygen atoms in total. The Balaban J connectivity index is 2.85. The van der Waals surface area contributed by atoms with E-state index in [0.29, 0.717) is 24.5 Å². The lowest BCUT2D eigenvalue weighted by Gasteiger charge is -2.28. The van der Waals surface area contributed by atoms with Gasteiger partial charge in [-0.05, 0) is 31.0 Å². The molecule has 0 aliphatic heterocycles. The van der Waals surface area contributed by atoms with E-state index in [4.69, 9.17) is 11.6 Å². The Morgan fingerprint density at radius 2 is 2.05 bits per heavy atom. The lowest BCUT2D eigenvalue weighted by Crippen LogP contribution is -2.47. The van der Waals surface area contributed by atoms with Gasteiger partial charge in [0.05, 0.1) is 0 Å². The molecule has 1 aromatic rings. The van der Waals surface area contributed by atoms with Crippen LogP contribution in [0.25, 0.3) is 0 Å². The third-order valence-corrected chi connectivity index (χ3v) is 3.50. The molecule has 1 rings (SSSR count). The molecule has 5 heteroatoms. The predicted octanol–water partition coefficient (Wildman–Crippen LogP) is 2.99. The minimum Gasteiger partial charge on any atom is -0.354 e. The van der Waals surface area contributed by atoms with Crippen LogP contribution in [-0.2, 0) is 16.1 Å². The summed E-state index contributed by atoms with van der Waals surface area (Å²) >= 11 is 5.97. The number of benzene rings is 1. The minimum atomic E-state index is -0.497. The fourth-order valence-electron chi connectivity index (χ4n) is 2.01. The maximum atomic E-state index is 12.1. The average Bonchev–Trinajstić information content (AvgIpc) is 2.48. The van der Waals surface area contributed by atoms with E-state index >= 15 is 0 Å². The van der Waals surface area contributed by atoms with E-state index in [1.807, 2.05) is 25.1 Å². The van der Waals surface area contributed by atoms with Gasteiger partial charge in [0.2, 0.25) is 11.8 Å². The van der Waals surface area contributed by atoms with Crippen molar-refractivity contribution in [3.05, 3.63) is 34.9 Å². The van der Waals surface area contributed by atoms with Gasteiger partial charge >= 0.3 is 0 Å². The lowest BCUT2D eigenvalue weighted by molar-refractivity contribution is -0.140. The third-order valence-electron chi connectivity index (χ3n) is 3.26. The molecule has 21 heavy (non-hydrogen) atoms. The summed E-state index contributed by atoms with van der Waals surface area (Å²) < 4.78 is 0. The number of amides is 2. The van der Waals surface area contributed by atoms with Crippen LogP contribution < -0.4 is 5.32 Å². The average molecular weight is 311 g/mol. The van der Waals surface area contributed by atoms with Gasteiger partial charge in [-0.3, -0.25) is 9.59 Å². The van der Waals surface area contributed by atoms with Crippen LogP contribution in [0.2, 0.25) is 5.02 Å². The maximum absolute atomic E-state index is 12.1. The van der Waals surface area contributed by atoms with Crippen molar-refractivity contribution in [2.75, 3.05) is 6.54 Å². The molecular weight excluding hydrogens is 288 g/mol. The number of carbonyl (C=O) groups excluding carboxylic acids is 2. The topological polar surface area (TPSA) is 49.4 Å². The lowest BCUT2D eigenvalue weighted by atomic mass is 10.1. The van der Waals surface area contributed by atoms with E-state index in [2.05, 4.69) is 5.32 Å². The molecule has 0 saturated heterocycles. The number of rotatable bonds is 7. The molecule has 0 bridgehead atoms. The SMILES string of the molecule is CCCNC(=O)C(C)N(Cc1cccc(Cl)c1)C(=O)CC. The van der Waals surface area contributed by atoms with Gasteiger partial charge in [0.25, 0.3) is 0 Å². The Bertz CT molecular complexity index is 491. The largest absolute Gasteiger partial charge is 0.354 e. The van der Waals surface area contributed by atoms with Crippen LogP contribution in [-0.4, -0.2) is 29.3 Å². The van der Waals surface area contributed by atoms with Crippen LogP contribution in [0.3, 0.4) is 0 Å². The molecule has 0 spiro atoms. The van der Waals surface area contributed by atoms with Crippen LogP contribution in [0.1, 0.15) is 39.2 Å². The molecule has 0 fully saturated rings. The van der Waals surface area contributed by atoms with E-state index in [1.165, 1.54) is 0 Å². The molecule has 0 aromatic heterocycles. The first kappa shape index (κ1) is 17.5. The number of halogens is 1. The molecule has 1 N–H and O–H groups in total. The normalized spacial score (nSPS) is 11.8. The maximum Gasteiger partial charge on any atom is 0.242 e. The Kier molecular flexibility index (Phi) is 7.23. The first-order chi connectivity index (χ1) is 9.99. The summed E-state index contributed by atoms with van der Waals surface area (Å²) in [4.78, 5) is 25.8. The highest BCUT2D eigenvalue weighted by Crippen LogP contribution is 2.15. The van der Waals surface area contributed by atoms with Gasteiger partial charge < -0.3 is 10.2 Å². The van der Waals surface area contributed by atoms with E-state index in [0.717, 1.165) is 12.0 Å². The van der Waals surface area contributed by atoms with Crippen molar-refractivity contribution in [1.82, 2.24) is 10.2 Å². The molecule has 2 amide bonds. The number of nitrogens with zero attached hydrogens (tertiary/aromatic N) is 1. The number of hydrogen-bond donors (Lipinski definition) is 1. The van der Waals surface area contributed by atoms with E-state index < -0.39 is 6.04 Å². The van der Waals surface area contributed by atoms with Crippen molar-refractivity contribution < 1.29 is 9.59 Å². The Hall–Kier alpha value is -1.55. The second kappa shape index (κ2) is 8.67. The number of carbonyl (C=O) groups is 2. The number of nitrogens with one attached hydrogen (secondary N) is 1. The molecule has 0 aliphatic carbocycles. The molecule has 1 atom stereocenters. The summed E-state index contributed by atoms with van der Waals surface area (Å²) in [7, 11) is 0. The zero-order valence-electron chi connectivity index (χ0n) is 12.9. The van der Waals surface area contributed by atoms with E-state index in [1.54, 1.807) is 24.8 Å². The van der Waals surface area contributed by atoms with Gasteiger partial charge in [0.1, 0.15) is 6.04 Å². The second-order valence-electron chi connectivity index (χ2n) is 4.97. The fourth-order valence-corrected chi connectivity index (χ4v) is 2.23. The van der Waals surface area contributed by atoms with Crippen molar-refractivity contribution in [2.45, 2.75) is 46.2 Å². The zero-order valence-corrected chi connectivity index (χ0v) is 13.6. The predicted molar refractivity (Wildman–Crippen MR) is 85.1 cm³/mol. The summed E-state index contributed by atoms with van der Waals surface area (Å²) in [5.41, 5.74) is 0.916. The van der Waals surface area contributed by atoms with Crippen molar-refractivity contribution in [3.63, 3.8) is 0 Å². The first-order valence-corrected chi connectivity index (χ1v) is 7.69. The summed E-state index contributed by atoms with van der Waals surface area (Å²) in [6.07, 6.45) is 1.24. The molecule has 116 valence electrons. The van der Waals surface area contributed by atoms with Gasteiger partial charge in [-0.2, -0.15) is 0 Å². The Morgan fingerprint density at radius 1 is 1.33 bits per heavy atom. The van der Waals surface area contributed by atoms with E-state index in [-0.39, 0.29) is 11.8 Å². The van der Waals surface area contributed by atoms with Crippen LogP contribution in [0, 0.1) is 0 Å². The van der Waals surface area contributed by atoms with Gasteiger partial charge in [-0.15, -0.1) is 0 Å². The highest BCUT2D eigenvalue weighted by Gasteiger charge is 2.24.